The second kappa shape index (κ2) is 6.50. The first-order chi connectivity index (χ1) is 8.69. The summed E-state index contributed by atoms with van der Waals surface area (Å²) in [7, 11) is 0. The highest BCUT2D eigenvalue weighted by Gasteiger charge is 2.23. The van der Waals surface area contributed by atoms with Gasteiger partial charge in [-0.15, -0.1) is 22.9 Å². The second-order valence-corrected chi connectivity index (χ2v) is 5.87. The van der Waals surface area contributed by atoms with E-state index in [-0.39, 0.29) is 11.8 Å². The first-order valence-corrected chi connectivity index (χ1v) is 7.61. The quantitative estimate of drug-likeness (QED) is 0.837. The Morgan fingerprint density at radius 1 is 1.67 bits per heavy atom. The topological polar surface area (TPSA) is 59.2 Å². The molecule has 2 rings (SSSR count). The summed E-state index contributed by atoms with van der Waals surface area (Å²) in [6, 6.07) is 0. The minimum absolute atomic E-state index is 0.0217. The predicted molar refractivity (Wildman–Crippen MR) is 73.7 cm³/mol. The molecule has 1 aromatic rings. The van der Waals surface area contributed by atoms with E-state index in [2.05, 4.69) is 9.88 Å². The summed E-state index contributed by atoms with van der Waals surface area (Å²) in [6.45, 7) is 2.79. The number of halogens is 1. The molecule has 1 amide bonds. The van der Waals surface area contributed by atoms with Crippen LogP contribution in [-0.4, -0.2) is 35.4 Å². The predicted octanol–water partition coefficient (Wildman–Crippen LogP) is 1.62. The van der Waals surface area contributed by atoms with Crippen molar-refractivity contribution in [3.63, 3.8) is 0 Å². The molecule has 2 heterocycles. The smallest absolute Gasteiger partial charge is 0.221 e. The number of alkyl halides is 1. The number of thiazole rings is 1. The number of piperidine rings is 1. The maximum Gasteiger partial charge on any atom is 0.221 e. The van der Waals surface area contributed by atoms with Crippen molar-refractivity contribution < 1.29 is 4.79 Å². The van der Waals surface area contributed by atoms with Crippen molar-refractivity contribution in [3.05, 3.63) is 16.1 Å². The van der Waals surface area contributed by atoms with Gasteiger partial charge >= 0.3 is 0 Å². The van der Waals surface area contributed by atoms with Gasteiger partial charge in [-0.25, -0.2) is 4.98 Å². The number of carbonyl (C=O) groups excluding carboxylic acids is 1. The lowest BCUT2D eigenvalue weighted by atomic mass is 9.97. The molecule has 100 valence electrons. The molecule has 0 bridgehead atoms. The fourth-order valence-electron chi connectivity index (χ4n) is 2.27. The summed E-state index contributed by atoms with van der Waals surface area (Å²) in [5, 5.41) is 3.12. The third kappa shape index (κ3) is 3.67. The van der Waals surface area contributed by atoms with Crippen molar-refractivity contribution in [2.45, 2.75) is 25.1 Å². The van der Waals surface area contributed by atoms with Crippen LogP contribution in [0, 0.1) is 5.92 Å². The molecule has 18 heavy (non-hydrogen) atoms. The lowest BCUT2D eigenvalue weighted by molar-refractivity contribution is -0.123. The van der Waals surface area contributed by atoms with Gasteiger partial charge in [-0.3, -0.25) is 4.79 Å². The van der Waals surface area contributed by atoms with Crippen LogP contribution in [-0.2, 0) is 17.1 Å². The highest BCUT2D eigenvalue weighted by molar-refractivity contribution is 7.09. The monoisotopic (exact) mass is 287 g/mol. The van der Waals surface area contributed by atoms with Gasteiger partial charge in [-0.05, 0) is 19.4 Å². The number of likely N-dealkylation sites (tertiary alicyclic amines) is 1. The van der Waals surface area contributed by atoms with E-state index in [1.54, 1.807) is 11.3 Å². The summed E-state index contributed by atoms with van der Waals surface area (Å²) in [4.78, 5) is 17.9. The second-order valence-electron chi connectivity index (χ2n) is 4.66. The molecule has 0 radical (unpaired) electrons. The van der Waals surface area contributed by atoms with E-state index in [1.807, 2.05) is 5.38 Å². The molecule has 1 unspecified atom stereocenters. The number of primary amides is 1. The zero-order valence-corrected chi connectivity index (χ0v) is 11.8. The highest BCUT2D eigenvalue weighted by atomic mass is 35.5. The van der Waals surface area contributed by atoms with Crippen molar-refractivity contribution in [3.8, 4) is 0 Å². The molecule has 1 aromatic heterocycles. The maximum absolute atomic E-state index is 11.2. The fraction of sp³-hybridized carbons (Fsp3) is 0.667. The molecule has 1 saturated heterocycles. The van der Waals surface area contributed by atoms with Gasteiger partial charge in [0.2, 0.25) is 5.91 Å². The first-order valence-electron chi connectivity index (χ1n) is 6.20. The van der Waals surface area contributed by atoms with Crippen molar-refractivity contribution >= 4 is 28.8 Å². The van der Waals surface area contributed by atoms with Crippen LogP contribution in [0.2, 0.25) is 0 Å². The molecule has 0 spiro atoms. The zero-order valence-electron chi connectivity index (χ0n) is 10.3. The van der Waals surface area contributed by atoms with Crippen molar-refractivity contribution in [2.24, 2.45) is 11.7 Å². The van der Waals surface area contributed by atoms with Crippen LogP contribution in [0.4, 0.5) is 0 Å². The maximum atomic E-state index is 11.2. The average molecular weight is 288 g/mol. The number of nitrogens with two attached hydrogens (primary N) is 1. The molecule has 1 aliphatic rings. The first kappa shape index (κ1) is 13.8. The molecule has 1 fully saturated rings. The van der Waals surface area contributed by atoms with Gasteiger partial charge in [0.05, 0.1) is 22.5 Å². The molecule has 0 aromatic carbocycles. The largest absolute Gasteiger partial charge is 0.369 e. The Hall–Kier alpha value is -0.650. The average Bonchev–Trinajstić information content (AvgIpc) is 2.84. The molecule has 4 nitrogen and oxygen atoms in total. The third-order valence-electron chi connectivity index (χ3n) is 3.29. The number of hydrogen-bond acceptors (Lipinski definition) is 4. The lowest BCUT2D eigenvalue weighted by Gasteiger charge is -2.30. The fourth-order valence-corrected chi connectivity index (χ4v) is 3.29. The number of aromatic nitrogens is 1. The molecule has 0 aliphatic carbocycles. The van der Waals surface area contributed by atoms with Crippen LogP contribution in [0.25, 0.3) is 0 Å². The van der Waals surface area contributed by atoms with Crippen LogP contribution in [0.3, 0.4) is 0 Å². The summed E-state index contributed by atoms with van der Waals surface area (Å²) in [6.07, 6.45) is 2.91. The number of rotatable bonds is 5. The minimum atomic E-state index is -0.168. The van der Waals surface area contributed by atoms with Gasteiger partial charge in [0.1, 0.15) is 0 Å². The highest BCUT2D eigenvalue weighted by Crippen LogP contribution is 2.17. The molecule has 0 saturated carbocycles. The van der Waals surface area contributed by atoms with Gasteiger partial charge in [-0.1, -0.05) is 0 Å². The van der Waals surface area contributed by atoms with Crippen LogP contribution >= 0.6 is 22.9 Å². The van der Waals surface area contributed by atoms with E-state index >= 15 is 0 Å². The summed E-state index contributed by atoms with van der Waals surface area (Å²) >= 11 is 7.38. The zero-order chi connectivity index (χ0) is 13.0. The van der Waals surface area contributed by atoms with Crippen LogP contribution in [0.5, 0.6) is 0 Å². The molecule has 2 N–H and O–H groups in total. The van der Waals surface area contributed by atoms with Gasteiger partial charge in [0, 0.05) is 24.9 Å². The lowest BCUT2D eigenvalue weighted by Crippen LogP contribution is -2.41. The van der Waals surface area contributed by atoms with Gasteiger partial charge in [0.25, 0.3) is 0 Å². The minimum Gasteiger partial charge on any atom is -0.369 e. The van der Waals surface area contributed by atoms with Gasteiger partial charge in [-0.2, -0.15) is 0 Å². The summed E-state index contributed by atoms with van der Waals surface area (Å²) in [5.74, 6) is 0.330. The Morgan fingerprint density at radius 2 is 2.50 bits per heavy atom. The molecule has 6 heteroatoms. The van der Waals surface area contributed by atoms with Gasteiger partial charge < -0.3 is 10.6 Å². The van der Waals surface area contributed by atoms with E-state index in [1.165, 1.54) is 0 Å². The Kier molecular flexibility index (Phi) is 4.97. The standard InChI is InChI=1S/C12H18ClN3OS/c13-6-10-8-18-11(15-10)3-5-16-4-1-2-9(7-16)12(14)17/h8-9H,1-7H2,(H2,14,17). The Labute approximate surface area is 116 Å². The van der Waals surface area contributed by atoms with E-state index < -0.39 is 0 Å². The number of amides is 1. The molecular weight excluding hydrogens is 270 g/mol. The van der Waals surface area contributed by atoms with Crippen molar-refractivity contribution in [1.29, 1.82) is 0 Å². The third-order valence-corrected chi connectivity index (χ3v) is 4.52. The van der Waals surface area contributed by atoms with Crippen LogP contribution < -0.4 is 5.73 Å². The van der Waals surface area contributed by atoms with E-state index in [0.717, 1.165) is 49.6 Å². The molecular formula is C12H18ClN3OS. The SMILES string of the molecule is NC(=O)C1CCCN(CCc2nc(CCl)cs2)C1. The summed E-state index contributed by atoms with van der Waals surface area (Å²) in [5.41, 5.74) is 6.32. The molecule has 1 atom stereocenters. The normalized spacial score (nSPS) is 21.1. The number of hydrogen-bond donors (Lipinski definition) is 1. The van der Waals surface area contributed by atoms with E-state index in [4.69, 9.17) is 17.3 Å². The van der Waals surface area contributed by atoms with Crippen molar-refractivity contribution in [2.75, 3.05) is 19.6 Å². The van der Waals surface area contributed by atoms with Gasteiger partial charge in [0.15, 0.2) is 0 Å². The van der Waals surface area contributed by atoms with Crippen LogP contribution in [0.1, 0.15) is 23.5 Å². The van der Waals surface area contributed by atoms with Crippen LogP contribution in [0.15, 0.2) is 5.38 Å². The number of nitrogens with zero attached hydrogens (tertiary/aromatic N) is 2. The van der Waals surface area contributed by atoms with E-state index in [9.17, 15) is 4.79 Å². The Morgan fingerprint density at radius 3 is 3.17 bits per heavy atom. The van der Waals surface area contributed by atoms with Crippen molar-refractivity contribution in [1.82, 2.24) is 9.88 Å². The Balaban J connectivity index is 1.80. The Bertz CT molecular complexity index is 410. The molecule has 1 aliphatic heterocycles. The van der Waals surface area contributed by atoms with E-state index in [0.29, 0.717) is 5.88 Å². The summed E-state index contributed by atoms with van der Waals surface area (Å²) < 4.78 is 0. The number of carbonyl (C=O) groups is 1.